The predicted molar refractivity (Wildman–Crippen MR) is 164 cm³/mol. The second-order valence-corrected chi connectivity index (χ2v) is 11.2. The molecule has 0 saturated heterocycles. The summed E-state index contributed by atoms with van der Waals surface area (Å²) in [5, 5.41) is 9.13. The van der Waals surface area contributed by atoms with Crippen molar-refractivity contribution >= 4 is 28.7 Å². The van der Waals surface area contributed by atoms with E-state index in [0.717, 1.165) is 0 Å². The summed E-state index contributed by atoms with van der Waals surface area (Å²) in [5.74, 6) is -1.17. The molecule has 0 fully saturated rings. The van der Waals surface area contributed by atoms with Crippen LogP contribution in [0.15, 0.2) is 71.4 Å². The quantitative estimate of drug-likeness (QED) is 0.152. The van der Waals surface area contributed by atoms with Gasteiger partial charge in [-0.2, -0.15) is 4.98 Å². The van der Waals surface area contributed by atoms with Crippen molar-refractivity contribution in [3.05, 3.63) is 84.2 Å². The van der Waals surface area contributed by atoms with Crippen molar-refractivity contribution in [2.75, 3.05) is 5.32 Å². The van der Waals surface area contributed by atoms with Crippen molar-refractivity contribution in [2.45, 2.75) is 52.4 Å². The highest BCUT2D eigenvalue weighted by Crippen LogP contribution is 2.35. The van der Waals surface area contributed by atoms with Crippen molar-refractivity contribution in [2.24, 2.45) is 0 Å². The molecule has 238 valence electrons. The molecule has 0 unspecified atom stereocenters. The van der Waals surface area contributed by atoms with E-state index in [2.05, 4.69) is 35.5 Å². The number of fused-ring (bicyclic) bond motifs is 1. The Morgan fingerprint density at radius 2 is 1.83 bits per heavy atom. The SMILES string of the molecule is CC/C=C/C(=O)Nc1ccccc1-c1nc2c(-c3ccc(CNC(=O)c4nc(C(C)(C)C)no4)c(OC(F)(F)F)c3)ccnc2[nH]1. The van der Waals surface area contributed by atoms with Crippen molar-refractivity contribution < 1.29 is 32.0 Å². The molecule has 14 heteroatoms. The minimum Gasteiger partial charge on any atom is -0.405 e. The number of aromatic amines is 1. The number of alkyl halides is 3. The van der Waals surface area contributed by atoms with Crippen LogP contribution in [0, 0.1) is 0 Å². The summed E-state index contributed by atoms with van der Waals surface area (Å²) in [6.45, 7) is 7.13. The van der Waals surface area contributed by atoms with E-state index >= 15 is 0 Å². The number of nitrogens with one attached hydrogen (secondary N) is 3. The first-order valence-corrected chi connectivity index (χ1v) is 14.3. The molecule has 3 aromatic heterocycles. The third kappa shape index (κ3) is 7.39. The zero-order valence-electron chi connectivity index (χ0n) is 25.3. The smallest absolute Gasteiger partial charge is 0.405 e. The Kier molecular flexibility index (Phi) is 8.89. The Morgan fingerprint density at radius 1 is 1.04 bits per heavy atom. The van der Waals surface area contributed by atoms with Gasteiger partial charge in [-0.15, -0.1) is 13.2 Å². The monoisotopic (exact) mass is 633 g/mol. The average Bonchev–Trinajstić information content (AvgIpc) is 3.67. The summed E-state index contributed by atoms with van der Waals surface area (Å²) in [7, 11) is 0. The van der Waals surface area contributed by atoms with Crippen LogP contribution in [0.2, 0.25) is 0 Å². The van der Waals surface area contributed by atoms with Crippen LogP contribution in [0.1, 0.15) is 56.2 Å². The lowest BCUT2D eigenvalue weighted by Crippen LogP contribution is -2.25. The molecule has 0 radical (unpaired) electrons. The molecule has 5 aromatic rings. The van der Waals surface area contributed by atoms with Crippen molar-refractivity contribution in [1.29, 1.82) is 0 Å². The lowest BCUT2D eigenvalue weighted by Gasteiger charge is -2.15. The van der Waals surface area contributed by atoms with Gasteiger partial charge >= 0.3 is 18.2 Å². The van der Waals surface area contributed by atoms with Crippen LogP contribution in [0.3, 0.4) is 0 Å². The van der Waals surface area contributed by atoms with E-state index in [9.17, 15) is 22.8 Å². The van der Waals surface area contributed by atoms with Gasteiger partial charge in [0.1, 0.15) is 17.1 Å². The summed E-state index contributed by atoms with van der Waals surface area (Å²) < 4.78 is 49.8. The summed E-state index contributed by atoms with van der Waals surface area (Å²) in [5.41, 5.74) is 2.28. The fourth-order valence-corrected chi connectivity index (χ4v) is 4.43. The highest BCUT2D eigenvalue weighted by molar-refractivity contribution is 6.02. The molecule has 0 aliphatic carbocycles. The molecule has 3 N–H and O–H groups in total. The van der Waals surface area contributed by atoms with Crippen LogP contribution in [0.4, 0.5) is 18.9 Å². The molecular formula is C32H30F3N7O4. The Bertz CT molecular complexity index is 1920. The topological polar surface area (TPSA) is 148 Å². The Morgan fingerprint density at radius 3 is 2.54 bits per heavy atom. The number of imidazole rings is 1. The summed E-state index contributed by atoms with van der Waals surface area (Å²) in [4.78, 5) is 41.2. The van der Waals surface area contributed by atoms with Gasteiger partial charge < -0.3 is 24.9 Å². The zero-order chi connectivity index (χ0) is 33.1. The molecule has 11 nitrogen and oxygen atoms in total. The summed E-state index contributed by atoms with van der Waals surface area (Å²) >= 11 is 0. The number of anilines is 1. The average molecular weight is 634 g/mol. The molecule has 0 aliphatic heterocycles. The largest absolute Gasteiger partial charge is 0.573 e. The van der Waals surface area contributed by atoms with E-state index < -0.39 is 23.4 Å². The van der Waals surface area contributed by atoms with Crippen molar-refractivity contribution in [3.63, 3.8) is 0 Å². The molecule has 0 bridgehead atoms. The lowest BCUT2D eigenvalue weighted by atomic mass is 9.96. The fourth-order valence-electron chi connectivity index (χ4n) is 4.43. The number of hydrogen-bond donors (Lipinski definition) is 3. The maximum atomic E-state index is 13.5. The Labute approximate surface area is 261 Å². The molecular weight excluding hydrogens is 603 g/mol. The zero-order valence-corrected chi connectivity index (χ0v) is 25.3. The van der Waals surface area contributed by atoms with Crippen molar-refractivity contribution in [3.8, 4) is 28.3 Å². The van der Waals surface area contributed by atoms with E-state index in [-0.39, 0.29) is 23.9 Å². The standard InChI is InChI=1S/C32H30F3N7O4/c1-5-6-11-24(43)38-22-10-8-7-9-21(22)26-39-25-20(14-15-36-27(25)40-26)18-12-13-19(23(16-18)45-32(33,34)35)17-37-28(44)29-41-30(42-46-29)31(2,3)4/h6-16H,5,17H2,1-4H3,(H,37,44)(H,38,43)(H,36,39,40)/b11-6+. The number of hydrogen-bond acceptors (Lipinski definition) is 8. The number of halogens is 3. The van der Waals surface area contributed by atoms with Crippen LogP contribution < -0.4 is 15.4 Å². The number of ether oxygens (including phenoxy) is 1. The molecule has 0 spiro atoms. The molecule has 5 rings (SSSR count). The number of amides is 2. The van der Waals surface area contributed by atoms with Gasteiger partial charge in [0.2, 0.25) is 5.91 Å². The van der Waals surface area contributed by atoms with E-state index in [4.69, 9.17) is 9.51 Å². The van der Waals surface area contributed by atoms with E-state index in [0.29, 0.717) is 51.6 Å². The second kappa shape index (κ2) is 12.8. The number of carbonyl (C=O) groups is 2. The minimum atomic E-state index is -5.00. The number of para-hydroxylation sites is 1. The van der Waals surface area contributed by atoms with Crippen LogP contribution in [0.5, 0.6) is 5.75 Å². The van der Waals surface area contributed by atoms with Crippen molar-refractivity contribution in [1.82, 2.24) is 30.4 Å². The maximum absolute atomic E-state index is 13.5. The molecule has 0 atom stereocenters. The first-order chi connectivity index (χ1) is 21.8. The number of pyridine rings is 1. The number of rotatable bonds is 9. The van der Waals surface area contributed by atoms with Gasteiger partial charge in [-0.05, 0) is 42.3 Å². The van der Waals surface area contributed by atoms with Crippen LogP contribution in [-0.4, -0.2) is 43.3 Å². The number of benzene rings is 2. The Balaban J connectivity index is 1.45. The number of nitrogens with zero attached hydrogens (tertiary/aromatic N) is 4. The molecule has 0 aliphatic rings. The predicted octanol–water partition coefficient (Wildman–Crippen LogP) is 6.71. The van der Waals surface area contributed by atoms with Gasteiger partial charge in [-0.25, -0.2) is 9.97 Å². The summed E-state index contributed by atoms with van der Waals surface area (Å²) in [6.07, 6.45) is 0.383. The van der Waals surface area contributed by atoms with Gasteiger partial charge in [0.25, 0.3) is 0 Å². The highest BCUT2D eigenvalue weighted by atomic mass is 19.4. The maximum Gasteiger partial charge on any atom is 0.573 e. The molecule has 2 amide bonds. The second-order valence-electron chi connectivity index (χ2n) is 11.2. The van der Waals surface area contributed by atoms with Crippen LogP contribution in [0.25, 0.3) is 33.7 Å². The third-order valence-electron chi connectivity index (χ3n) is 6.66. The van der Waals surface area contributed by atoms with E-state index in [1.165, 1.54) is 24.4 Å². The molecule has 3 heterocycles. The normalized spacial score (nSPS) is 12.1. The van der Waals surface area contributed by atoms with Crippen LogP contribution in [-0.2, 0) is 16.8 Å². The van der Waals surface area contributed by atoms with E-state index in [1.807, 2.05) is 27.7 Å². The lowest BCUT2D eigenvalue weighted by molar-refractivity contribution is -0.274. The summed E-state index contributed by atoms with van der Waals surface area (Å²) in [6, 6.07) is 12.9. The van der Waals surface area contributed by atoms with Gasteiger partial charge in [0.05, 0.1) is 5.69 Å². The molecule has 0 saturated carbocycles. The number of allylic oxidation sites excluding steroid dienone is 1. The molecule has 46 heavy (non-hydrogen) atoms. The van der Waals surface area contributed by atoms with Gasteiger partial charge in [-0.1, -0.05) is 63.2 Å². The Hall–Kier alpha value is -5.53. The molecule has 2 aromatic carbocycles. The van der Waals surface area contributed by atoms with Crippen LogP contribution >= 0.6 is 0 Å². The number of aromatic nitrogens is 5. The first-order valence-electron chi connectivity index (χ1n) is 14.3. The highest BCUT2D eigenvalue weighted by Gasteiger charge is 2.32. The fraction of sp³-hybridized carbons (Fsp3) is 0.250. The number of H-pyrrole nitrogens is 1. The van der Waals surface area contributed by atoms with Gasteiger partial charge in [0, 0.05) is 34.8 Å². The number of carbonyl (C=O) groups excluding carboxylic acids is 2. The van der Waals surface area contributed by atoms with E-state index in [1.54, 1.807) is 42.5 Å². The minimum absolute atomic E-state index is 0.0554. The van der Waals surface area contributed by atoms with Gasteiger partial charge in [0.15, 0.2) is 11.5 Å². The third-order valence-corrected chi connectivity index (χ3v) is 6.66. The first kappa shape index (κ1) is 31.9. The van der Waals surface area contributed by atoms with Gasteiger partial charge in [-0.3, -0.25) is 9.59 Å².